The van der Waals surface area contributed by atoms with Gasteiger partial charge in [-0.25, -0.2) is 4.57 Å². The topological polar surface area (TPSA) is 132 Å². The molecule has 0 aliphatic rings. The lowest BCUT2D eigenvalue weighted by Crippen LogP contribution is -2.42. The standard InChI is InChI=1S/C21H34Cl2NO7P.H2O/c1-24(2,3)16-18(15-21(25)26)31-32(27,28)30-13-9-7-5-4-6-8-12-29-20-11-10-17(22)14-19(20)23;/h10-11,14,18H,4-9,12-13,15-16H2,1-3H3,(H-,25,26,27,28);1H2. The van der Waals surface area contributed by atoms with Gasteiger partial charge in [0.25, 0.3) is 0 Å². The second kappa shape index (κ2) is 15.9. The number of nitrogens with zero attached hydrogens (tertiary/aromatic N) is 1. The predicted molar refractivity (Wildman–Crippen MR) is 127 cm³/mol. The zero-order valence-electron chi connectivity index (χ0n) is 19.4. The second-order valence-electron chi connectivity index (χ2n) is 8.64. The first kappa shape index (κ1) is 32.1. The summed E-state index contributed by atoms with van der Waals surface area (Å²) in [5.74, 6) is -0.471. The third-order valence-corrected chi connectivity index (χ3v) is 5.98. The minimum absolute atomic E-state index is 0. The van der Waals surface area contributed by atoms with Crippen LogP contribution < -0.4 is 4.74 Å². The second-order valence-corrected chi connectivity index (χ2v) is 10.9. The fraction of sp³-hybridized carbons (Fsp3) is 0.667. The molecule has 3 N–H and O–H groups in total. The summed E-state index contributed by atoms with van der Waals surface area (Å²) >= 11 is 11.9. The van der Waals surface area contributed by atoms with Crippen molar-refractivity contribution in [2.45, 2.75) is 51.0 Å². The maximum absolute atomic E-state index is 12.1. The number of carboxylic acids is 1. The minimum atomic E-state index is -4.31. The van der Waals surface area contributed by atoms with Crippen molar-refractivity contribution in [3.05, 3.63) is 28.2 Å². The minimum Gasteiger partial charge on any atom is -0.870 e. The highest BCUT2D eigenvalue weighted by Crippen LogP contribution is 2.45. The Bertz CT molecular complexity index is 760. The molecular formula is C21H36Cl2NO8P. The highest BCUT2D eigenvalue weighted by atomic mass is 35.5. The Kier molecular flexibility index (Phi) is 15.5. The molecule has 192 valence electrons. The summed E-state index contributed by atoms with van der Waals surface area (Å²) in [6, 6.07) is 5.13. The van der Waals surface area contributed by atoms with Gasteiger partial charge >= 0.3 is 13.8 Å². The number of aliphatic carboxylic acids is 1. The normalized spacial score (nSPS) is 14.2. The summed E-state index contributed by atoms with van der Waals surface area (Å²) in [5.41, 5.74) is 0. The van der Waals surface area contributed by atoms with Crippen LogP contribution in [0.4, 0.5) is 0 Å². The fourth-order valence-electron chi connectivity index (χ4n) is 3.03. The Morgan fingerprint density at radius 3 is 2.18 bits per heavy atom. The fourth-order valence-corrected chi connectivity index (χ4v) is 4.43. The molecule has 1 aromatic carbocycles. The zero-order chi connectivity index (χ0) is 24.2. The van der Waals surface area contributed by atoms with E-state index in [1.807, 2.05) is 21.1 Å². The number of hydrogen-bond acceptors (Lipinski definition) is 6. The third kappa shape index (κ3) is 16.4. The van der Waals surface area contributed by atoms with Crippen molar-refractivity contribution in [1.29, 1.82) is 0 Å². The van der Waals surface area contributed by atoms with Crippen LogP contribution in [0, 0.1) is 0 Å². The van der Waals surface area contributed by atoms with Gasteiger partial charge in [-0.05, 0) is 31.0 Å². The molecule has 12 heteroatoms. The highest BCUT2D eigenvalue weighted by Gasteiger charge is 2.31. The quantitative estimate of drug-likeness (QED) is 0.159. The van der Waals surface area contributed by atoms with Crippen LogP contribution in [-0.2, 0) is 18.4 Å². The van der Waals surface area contributed by atoms with Crippen molar-refractivity contribution in [3.8, 4) is 5.75 Å². The van der Waals surface area contributed by atoms with Crippen LogP contribution in [0.5, 0.6) is 5.75 Å². The van der Waals surface area contributed by atoms with E-state index in [1.54, 1.807) is 18.2 Å². The summed E-state index contributed by atoms with van der Waals surface area (Å²) in [7, 11) is 1.24. The number of rotatable bonds is 17. The molecule has 0 saturated carbocycles. The van der Waals surface area contributed by atoms with E-state index in [0.29, 0.717) is 33.3 Å². The number of benzene rings is 1. The molecule has 1 rings (SSSR count). The van der Waals surface area contributed by atoms with Gasteiger partial charge in [0.15, 0.2) is 0 Å². The number of carboxylic acid groups (broad SMARTS) is 1. The van der Waals surface area contributed by atoms with Gasteiger partial charge in [-0.2, -0.15) is 0 Å². The number of likely N-dealkylation sites (N-methyl/N-ethyl adjacent to an activating group) is 1. The van der Waals surface area contributed by atoms with Crippen LogP contribution in [0.1, 0.15) is 44.9 Å². The van der Waals surface area contributed by atoms with Crippen LogP contribution in [0.25, 0.3) is 0 Å². The first-order valence-electron chi connectivity index (χ1n) is 10.6. The number of unbranched alkanes of at least 4 members (excludes halogenated alkanes) is 5. The Morgan fingerprint density at radius 1 is 1.06 bits per heavy atom. The summed E-state index contributed by atoms with van der Waals surface area (Å²) in [4.78, 5) is 20.9. The Hall–Kier alpha value is -0.900. The maximum Gasteiger partial charge on any atom is 0.472 e. The largest absolute Gasteiger partial charge is 0.870 e. The summed E-state index contributed by atoms with van der Waals surface area (Å²) in [6.07, 6.45) is 4.05. The zero-order valence-corrected chi connectivity index (χ0v) is 21.8. The van der Waals surface area contributed by atoms with E-state index in [1.165, 1.54) is 0 Å². The van der Waals surface area contributed by atoms with Gasteiger partial charge in [-0.15, -0.1) is 0 Å². The van der Waals surface area contributed by atoms with Gasteiger partial charge < -0.3 is 24.7 Å². The van der Waals surface area contributed by atoms with Crippen molar-refractivity contribution < 1.29 is 43.1 Å². The van der Waals surface area contributed by atoms with Gasteiger partial charge in [0.05, 0.1) is 45.8 Å². The maximum atomic E-state index is 12.1. The van der Waals surface area contributed by atoms with E-state index >= 15 is 0 Å². The van der Waals surface area contributed by atoms with Crippen molar-refractivity contribution in [3.63, 3.8) is 0 Å². The van der Waals surface area contributed by atoms with Crippen molar-refractivity contribution in [2.75, 3.05) is 40.9 Å². The van der Waals surface area contributed by atoms with E-state index < -0.39 is 19.9 Å². The Labute approximate surface area is 206 Å². The van der Waals surface area contributed by atoms with Crippen LogP contribution in [0.2, 0.25) is 10.0 Å². The Balaban J connectivity index is 0.0000102. The SMILES string of the molecule is C[N+](C)(C)CC(CC(=O)O)OP(=O)(O)OCCCCCCCCOc1ccc(Cl)cc1Cl.[OH-]. The summed E-state index contributed by atoms with van der Waals surface area (Å²) in [5, 5.41) is 10.1. The van der Waals surface area contributed by atoms with Crippen LogP contribution >= 0.6 is 31.0 Å². The first-order chi connectivity index (χ1) is 14.9. The monoisotopic (exact) mass is 531 g/mol. The first-order valence-corrected chi connectivity index (χ1v) is 12.9. The lowest BCUT2D eigenvalue weighted by atomic mass is 10.1. The van der Waals surface area contributed by atoms with Gasteiger partial charge in [0, 0.05) is 5.02 Å². The van der Waals surface area contributed by atoms with E-state index in [0.717, 1.165) is 32.1 Å². The number of halogens is 2. The van der Waals surface area contributed by atoms with Crippen LogP contribution in [0.3, 0.4) is 0 Å². The Morgan fingerprint density at radius 2 is 1.64 bits per heavy atom. The summed E-state index contributed by atoms with van der Waals surface area (Å²) < 4.78 is 28.3. The molecule has 0 aromatic heterocycles. The molecule has 0 radical (unpaired) electrons. The number of phosphoric acid groups is 1. The van der Waals surface area contributed by atoms with E-state index in [9.17, 15) is 14.3 Å². The number of carbonyl (C=O) groups is 1. The average molecular weight is 532 g/mol. The third-order valence-electron chi connectivity index (χ3n) is 4.38. The van der Waals surface area contributed by atoms with E-state index in [4.69, 9.17) is 42.1 Å². The average Bonchev–Trinajstić information content (AvgIpc) is 2.62. The van der Waals surface area contributed by atoms with E-state index in [2.05, 4.69) is 0 Å². The van der Waals surface area contributed by atoms with Crippen molar-refractivity contribution >= 4 is 37.0 Å². The molecule has 0 aliphatic heterocycles. The van der Waals surface area contributed by atoms with Gasteiger partial charge in [-0.1, -0.05) is 48.9 Å². The smallest absolute Gasteiger partial charge is 0.472 e. The predicted octanol–water partition coefficient (Wildman–Crippen LogP) is 5.22. The molecule has 9 nitrogen and oxygen atoms in total. The van der Waals surface area contributed by atoms with Crippen molar-refractivity contribution in [2.24, 2.45) is 0 Å². The summed E-state index contributed by atoms with van der Waals surface area (Å²) in [6.45, 7) is 0.921. The highest BCUT2D eigenvalue weighted by molar-refractivity contribution is 7.47. The molecule has 0 amide bonds. The molecule has 0 saturated heterocycles. The molecule has 0 heterocycles. The van der Waals surface area contributed by atoms with Crippen LogP contribution in [0.15, 0.2) is 18.2 Å². The molecule has 0 aliphatic carbocycles. The molecule has 33 heavy (non-hydrogen) atoms. The van der Waals surface area contributed by atoms with Gasteiger partial charge in [0.1, 0.15) is 18.4 Å². The molecular weight excluding hydrogens is 496 g/mol. The van der Waals surface area contributed by atoms with Gasteiger partial charge in [-0.3, -0.25) is 13.8 Å². The lowest BCUT2D eigenvalue weighted by Gasteiger charge is -2.29. The molecule has 1 aromatic rings. The molecule has 0 fully saturated rings. The molecule has 0 bridgehead atoms. The van der Waals surface area contributed by atoms with Crippen molar-refractivity contribution in [1.82, 2.24) is 0 Å². The molecule has 2 atom stereocenters. The number of quaternary nitrogens is 1. The molecule has 2 unspecified atom stereocenters. The van der Waals surface area contributed by atoms with E-state index in [-0.39, 0.29) is 25.0 Å². The number of phosphoric ester groups is 1. The lowest BCUT2D eigenvalue weighted by molar-refractivity contribution is -0.873. The number of hydrogen-bond donors (Lipinski definition) is 2. The van der Waals surface area contributed by atoms with Crippen LogP contribution in [-0.4, -0.2) is 72.9 Å². The number of ether oxygens (including phenoxy) is 1. The van der Waals surface area contributed by atoms with Gasteiger partial charge in [0.2, 0.25) is 0 Å². The molecule has 0 spiro atoms.